The van der Waals surface area contributed by atoms with Crippen molar-refractivity contribution in [3.63, 3.8) is 0 Å². The van der Waals surface area contributed by atoms with Crippen LogP contribution in [0.25, 0.3) is 6.08 Å². The van der Waals surface area contributed by atoms with Gasteiger partial charge in [-0.05, 0) is 37.8 Å². The van der Waals surface area contributed by atoms with E-state index in [1.165, 1.54) is 12.1 Å². The first-order valence-corrected chi connectivity index (χ1v) is 10.8. The lowest BCUT2D eigenvalue weighted by atomic mass is 10.0. The molecule has 1 aliphatic rings. The Morgan fingerprint density at radius 2 is 2.06 bits per heavy atom. The Labute approximate surface area is 186 Å². The number of aromatic amines is 1. The molecule has 2 aromatic heterocycles. The van der Waals surface area contributed by atoms with Gasteiger partial charge in [0.1, 0.15) is 17.5 Å². The van der Waals surface area contributed by atoms with E-state index in [0.29, 0.717) is 48.0 Å². The number of nitrogens with zero attached hydrogens (tertiary/aromatic N) is 5. The van der Waals surface area contributed by atoms with Crippen LogP contribution in [0.2, 0.25) is 0 Å². The van der Waals surface area contributed by atoms with Gasteiger partial charge >= 0.3 is 0 Å². The van der Waals surface area contributed by atoms with Crippen LogP contribution >= 0.6 is 0 Å². The fraction of sp³-hybridized carbons (Fsp3) is 0.391. The summed E-state index contributed by atoms with van der Waals surface area (Å²) in [5.41, 5.74) is 1.31. The summed E-state index contributed by atoms with van der Waals surface area (Å²) in [6.45, 7) is 6.81. The molecule has 0 radical (unpaired) electrons. The molecule has 1 aromatic carbocycles. The molecule has 7 nitrogen and oxygen atoms in total. The molecule has 2 N–H and O–H groups in total. The molecule has 0 aliphatic carbocycles. The molecule has 3 heterocycles. The highest BCUT2D eigenvalue weighted by Gasteiger charge is 2.31. The summed E-state index contributed by atoms with van der Waals surface area (Å²) in [6.07, 6.45) is 6.11. The van der Waals surface area contributed by atoms with Crippen LogP contribution < -0.4 is 10.2 Å². The Morgan fingerprint density at radius 1 is 1.22 bits per heavy atom. The minimum absolute atomic E-state index is 0.260. The zero-order valence-corrected chi connectivity index (χ0v) is 18.4. The minimum Gasteiger partial charge on any atom is -0.334 e. The summed E-state index contributed by atoms with van der Waals surface area (Å²) in [6, 6.07) is 5.33. The van der Waals surface area contributed by atoms with Crippen LogP contribution in [0.4, 0.5) is 26.5 Å². The van der Waals surface area contributed by atoms with Crippen LogP contribution in [-0.4, -0.2) is 31.7 Å². The molecule has 9 heteroatoms. The maximum atomic E-state index is 14.5. The van der Waals surface area contributed by atoms with E-state index in [0.717, 1.165) is 24.6 Å². The van der Waals surface area contributed by atoms with Gasteiger partial charge in [0.25, 0.3) is 0 Å². The molecule has 0 spiro atoms. The van der Waals surface area contributed by atoms with Gasteiger partial charge in [0.15, 0.2) is 5.82 Å². The van der Waals surface area contributed by atoms with Gasteiger partial charge in [0, 0.05) is 30.7 Å². The van der Waals surface area contributed by atoms with Crippen LogP contribution in [0.5, 0.6) is 0 Å². The number of benzene rings is 1. The summed E-state index contributed by atoms with van der Waals surface area (Å²) in [7, 11) is 0. The first kappa shape index (κ1) is 21.9. The van der Waals surface area contributed by atoms with E-state index in [2.05, 4.69) is 44.3 Å². The highest BCUT2D eigenvalue weighted by atomic mass is 19.1. The van der Waals surface area contributed by atoms with Gasteiger partial charge in [-0.25, -0.2) is 8.78 Å². The molecule has 168 valence electrons. The van der Waals surface area contributed by atoms with Crippen molar-refractivity contribution in [1.29, 1.82) is 0 Å². The molecule has 1 atom stereocenters. The Hall–Kier alpha value is -3.36. The molecule has 1 fully saturated rings. The number of anilines is 3. The normalized spacial score (nSPS) is 16.4. The first-order chi connectivity index (χ1) is 15.4. The molecule has 1 aliphatic heterocycles. The number of allylic oxidation sites excluding steroid dienone is 1. The number of rotatable bonds is 7. The SMILES string of the molecule is C/C=C/c1cc(Nc2nc(CC(C)C)nc(N3CCCC3c3ccc(F)cc3F)n2)n[nH]1. The second-order valence-electron chi connectivity index (χ2n) is 8.32. The van der Waals surface area contributed by atoms with Crippen molar-refractivity contribution < 1.29 is 8.78 Å². The van der Waals surface area contributed by atoms with E-state index < -0.39 is 11.6 Å². The minimum atomic E-state index is -0.585. The topological polar surface area (TPSA) is 82.6 Å². The van der Waals surface area contributed by atoms with Gasteiger partial charge in [-0.3, -0.25) is 5.10 Å². The maximum Gasteiger partial charge on any atom is 0.233 e. The summed E-state index contributed by atoms with van der Waals surface area (Å²) in [5, 5.41) is 10.3. The van der Waals surface area contributed by atoms with E-state index in [1.54, 1.807) is 0 Å². The zero-order chi connectivity index (χ0) is 22.7. The van der Waals surface area contributed by atoms with Gasteiger partial charge < -0.3 is 10.2 Å². The van der Waals surface area contributed by atoms with Gasteiger partial charge in [-0.2, -0.15) is 20.1 Å². The van der Waals surface area contributed by atoms with E-state index in [4.69, 9.17) is 0 Å². The fourth-order valence-electron chi connectivity index (χ4n) is 3.93. The van der Waals surface area contributed by atoms with Crippen molar-refractivity contribution in [2.45, 2.75) is 46.1 Å². The van der Waals surface area contributed by atoms with Crippen molar-refractivity contribution >= 4 is 23.8 Å². The molecule has 0 bridgehead atoms. The number of hydrogen-bond donors (Lipinski definition) is 2. The monoisotopic (exact) mass is 439 g/mol. The molecule has 0 saturated carbocycles. The maximum absolute atomic E-state index is 14.5. The second-order valence-corrected chi connectivity index (χ2v) is 8.32. The van der Waals surface area contributed by atoms with E-state index in [9.17, 15) is 8.78 Å². The van der Waals surface area contributed by atoms with Gasteiger partial charge in [-0.15, -0.1) is 0 Å². The predicted molar refractivity (Wildman–Crippen MR) is 121 cm³/mol. The zero-order valence-electron chi connectivity index (χ0n) is 18.4. The van der Waals surface area contributed by atoms with Gasteiger partial charge in [0.2, 0.25) is 11.9 Å². The highest BCUT2D eigenvalue weighted by molar-refractivity contribution is 5.55. The first-order valence-electron chi connectivity index (χ1n) is 10.8. The number of hydrogen-bond acceptors (Lipinski definition) is 6. The molecule has 32 heavy (non-hydrogen) atoms. The van der Waals surface area contributed by atoms with Gasteiger partial charge in [-0.1, -0.05) is 26.0 Å². The average Bonchev–Trinajstić information content (AvgIpc) is 3.37. The molecular formula is C23H27F2N7. The van der Waals surface area contributed by atoms with Crippen LogP contribution in [0.3, 0.4) is 0 Å². The summed E-state index contributed by atoms with van der Waals surface area (Å²) in [4.78, 5) is 15.8. The van der Waals surface area contributed by atoms with Crippen LogP contribution in [0.15, 0.2) is 30.3 Å². The summed E-state index contributed by atoms with van der Waals surface area (Å²) < 4.78 is 28.0. The Kier molecular flexibility index (Phi) is 6.43. The number of halogens is 2. The quantitative estimate of drug-likeness (QED) is 0.527. The Morgan fingerprint density at radius 3 is 2.81 bits per heavy atom. The highest BCUT2D eigenvalue weighted by Crippen LogP contribution is 2.36. The summed E-state index contributed by atoms with van der Waals surface area (Å²) >= 11 is 0. The van der Waals surface area contributed by atoms with Crippen molar-refractivity contribution in [3.05, 3.63) is 59.1 Å². The van der Waals surface area contributed by atoms with Gasteiger partial charge in [0.05, 0.1) is 11.7 Å². The number of nitrogens with one attached hydrogen (secondary N) is 2. The standard InChI is InChI=1S/C23H27F2N7/c1-4-6-16-13-21(31-30-16)27-22-26-20(11-14(2)3)28-23(29-22)32-10-5-7-19(32)17-9-8-15(24)12-18(17)25/h4,6,8-9,12-14,19H,5,7,10-11H2,1-3H3,(H2,26,27,28,29,30,31)/b6-4+. The molecule has 1 unspecified atom stereocenters. The van der Waals surface area contributed by atoms with E-state index in [-0.39, 0.29) is 6.04 Å². The lowest BCUT2D eigenvalue weighted by molar-refractivity contribution is 0.551. The van der Waals surface area contributed by atoms with Crippen molar-refractivity contribution in [2.24, 2.45) is 5.92 Å². The number of aromatic nitrogens is 5. The smallest absolute Gasteiger partial charge is 0.233 e. The third kappa shape index (κ3) is 4.92. The van der Waals surface area contributed by atoms with Crippen molar-refractivity contribution in [2.75, 3.05) is 16.8 Å². The lowest BCUT2D eigenvalue weighted by Crippen LogP contribution is -2.26. The Balaban J connectivity index is 1.67. The van der Waals surface area contributed by atoms with Crippen molar-refractivity contribution in [3.8, 4) is 0 Å². The van der Waals surface area contributed by atoms with Crippen molar-refractivity contribution in [1.82, 2.24) is 25.1 Å². The molecule has 0 amide bonds. The number of H-pyrrole nitrogens is 1. The lowest BCUT2D eigenvalue weighted by Gasteiger charge is -2.26. The van der Waals surface area contributed by atoms with Crippen LogP contribution in [0.1, 0.15) is 56.7 Å². The third-order valence-corrected chi connectivity index (χ3v) is 5.28. The summed E-state index contributed by atoms with van der Waals surface area (Å²) in [5.74, 6) is 1.33. The molecule has 1 saturated heterocycles. The second kappa shape index (κ2) is 9.42. The van der Waals surface area contributed by atoms with Crippen LogP contribution in [-0.2, 0) is 6.42 Å². The molecule has 3 aromatic rings. The average molecular weight is 440 g/mol. The van der Waals surface area contributed by atoms with E-state index in [1.807, 2.05) is 30.0 Å². The molecular weight excluding hydrogens is 412 g/mol. The largest absolute Gasteiger partial charge is 0.334 e. The fourth-order valence-corrected chi connectivity index (χ4v) is 3.93. The van der Waals surface area contributed by atoms with E-state index >= 15 is 0 Å². The third-order valence-electron chi connectivity index (χ3n) is 5.28. The molecule has 4 rings (SSSR count). The predicted octanol–water partition coefficient (Wildman–Crippen LogP) is 5.19. The Bertz CT molecular complexity index is 1110. The van der Waals surface area contributed by atoms with Crippen LogP contribution in [0, 0.1) is 17.6 Å².